The Hall–Kier alpha value is -1.42. The van der Waals surface area contributed by atoms with E-state index < -0.39 is 0 Å². The molecule has 1 aliphatic heterocycles. The summed E-state index contributed by atoms with van der Waals surface area (Å²) in [7, 11) is 0. The zero-order valence-electron chi connectivity index (χ0n) is 17.8. The first kappa shape index (κ1) is 27.8. The summed E-state index contributed by atoms with van der Waals surface area (Å²) in [5, 5.41) is 12.8. The minimum absolute atomic E-state index is 0.0188. The van der Waals surface area contributed by atoms with E-state index in [0.717, 1.165) is 36.9 Å². The summed E-state index contributed by atoms with van der Waals surface area (Å²) in [5.41, 5.74) is 6.50. The van der Waals surface area contributed by atoms with Crippen LogP contribution in [-0.2, 0) is 0 Å². The second-order valence-electron chi connectivity index (χ2n) is 7.58. The van der Waals surface area contributed by atoms with Gasteiger partial charge in [0, 0.05) is 11.7 Å². The van der Waals surface area contributed by atoms with Gasteiger partial charge in [0.1, 0.15) is 0 Å². The lowest BCUT2D eigenvalue weighted by Gasteiger charge is -2.25. The van der Waals surface area contributed by atoms with Crippen LogP contribution in [0.15, 0.2) is 12.3 Å². The van der Waals surface area contributed by atoms with Crippen molar-refractivity contribution in [3.8, 4) is 25.7 Å². The summed E-state index contributed by atoms with van der Waals surface area (Å²) in [6.45, 7) is 9.39. The number of rotatable bonds is 5. The van der Waals surface area contributed by atoms with E-state index in [-0.39, 0.29) is 6.10 Å². The van der Waals surface area contributed by atoms with Gasteiger partial charge in [-0.3, -0.25) is 0 Å². The lowest BCUT2D eigenvalue weighted by atomic mass is 9.85. The van der Waals surface area contributed by atoms with Crippen molar-refractivity contribution in [3.63, 3.8) is 0 Å². The molecular weight excluding hydrogens is 332 g/mol. The van der Waals surface area contributed by atoms with Crippen LogP contribution in [0.5, 0.6) is 0 Å². The Labute approximate surface area is 169 Å². The van der Waals surface area contributed by atoms with Gasteiger partial charge in [0.25, 0.3) is 0 Å². The second-order valence-corrected chi connectivity index (χ2v) is 7.58. The Bertz CT molecular complexity index is 380. The maximum Gasteiger partial charge on any atom is 0.0542 e. The van der Waals surface area contributed by atoms with Gasteiger partial charge >= 0.3 is 0 Å². The average Bonchev–Trinajstić information content (AvgIpc) is 2.92. The standard InChI is InChI=1S/C11H22N2.C9H18O.2C2H2/c1-3-4-10-5-6-11(9(2)12)13-8-7-10;1-2-4-8-5-3-6-9(10)7-8;2*1-2/h10-11,13H,2-8,12H2,1H3;8-10H,2-7H2,1H3;2*1-2H. The lowest BCUT2D eigenvalue weighted by Crippen LogP contribution is -2.32. The van der Waals surface area contributed by atoms with Crippen molar-refractivity contribution in [2.75, 3.05) is 6.54 Å². The molecule has 2 rings (SSSR count). The molecule has 1 aliphatic carbocycles. The number of hydrogen-bond acceptors (Lipinski definition) is 3. The fourth-order valence-corrected chi connectivity index (χ4v) is 4.06. The Kier molecular flexibility index (Phi) is 19.9. The van der Waals surface area contributed by atoms with Crippen molar-refractivity contribution < 1.29 is 5.11 Å². The highest BCUT2D eigenvalue weighted by Crippen LogP contribution is 2.27. The topological polar surface area (TPSA) is 58.3 Å². The van der Waals surface area contributed by atoms with Crippen LogP contribution in [0.2, 0.25) is 0 Å². The molecule has 1 saturated carbocycles. The SMILES string of the molecule is C#C.C#C.C=C(N)C1CCC(CCC)CCN1.CCCC1CCCC(O)C1. The van der Waals surface area contributed by atoms with Gasteiger partial charge in [-0.25, -0.2) is 0 Å². The highest BCUT2D eigenvalue weighted by atomic mass is 16.3. The first-order chi connectivity index (χ1) is 13.1. The fraction of sp³-hybridized carbons (Fsp3) is 0.750. The van der Waals surface area contributed by atoms with Crippen molar-refractivity contribution in [1.29, 1.82) is 0 Å². The molecular formula is C24H44N2O. The van der Waals surface area contributed by atoms with E-state index in [1.165, 1.54) is 57.8 Å². The Balaban J connectivity index is 0. The molecule has 0 aromatic carbocycles. The van der Waals surface area contributed by atoms with Crippen LogP contribution in [0, 0.1) is 37.5 Å². The summed E-state index contributed by atoms with van der Waals surface area (Å²) in [6, 6.07) is 0.363. The number of nitrogens with one attached hydrogen (secondary N) is 1. The minimum Gasteiger partial charge on any atom is -0.401 e. The summed E-state index contributed by atoms with van der Waals surface area (Å²) in [6.07, 6.45) is 29.8. The smallest absolute Gasteiger partial charge is 0.0542 e. The van der Waals surface area contributed by atoms with E-state index >= 15 is 0 Å². The van der Waals surface area contributed by atoms with Gasteiger partial charge in [-0.1, -0.05) is 59.0 Å². The van der Waals surface area contributed by atoms with Crippen LogP contribution in [-0.4, -0.2) is 23.8 Å². The number of aliphatic hydroxyl groups is 1. The third-order valence-corrected chi connectivity index (χ3v) is 5.40. The summed E-state index contributed by atoms with van der Waals surface area (Å²) in [4.78, 5) is 0. The Morgan fingerprint density at radius 1 is 0.963 bits per heavy atom. The van der Waals surface area contributed by atoms with Gasteiger partial charge in [-0.05, 0) is 50.5 Å². The molecule has 0 bridgehead atoms. The largest absolute Gasteiger partial charge is 0.401 e. The van der Waals surface area contributed by atoms with Crippen LogP contribution in [0.1, 0.15) is 84.5 Å². The Morgan fingerprint density at radius 2 is 1.56 bits per heavy atom. The lowest BCUT2D eigenvalue weighted by molar-refractivity contribution is 0.0981. The zero-order valence-corrected chi connectivity index (χ0v) is 17.8. The molecule has 3 nitrogen and oxygen atoms in total. The maximum absolute atomic E-state index is 9.31. The normalized spacial score (nSPS) is 27.1. The molecule has 0 spiro atoms. The average molecular weight is 377 g/mol. The molecule has 4 unspecified atom stereocenters. The fourth-order valence-electron chi connectivity index (χ4n) is 4.06. The van der Waals surface area contributed by atoms with Crippen LogP contribution in [0.25, 0.3) is 0 Å². The first-order valence-corrected chi connectivity index (χ1v) is 10.6. The molecule has 4 N–H and O–H groups in total. The van der Waals surface area contributed by atoms with Gasteiger partial charge < -0.3 is 16.2 Å². The molecule has 0 amide bonds. The van der Waals surface area contributed by atoms with Gasteiger partial charge in [-0.15, -0.1) is 25.7 Å². The van der Waals surface area contributed by atoms with E-state index in [0.29, 0.717) is 6.04 Å². The summed E-state index contributed by atoms with van der Waals surface area (Å²) in [5.74, 6) is 1.73. The highest BCUT2D eigenvalue weighted by Gasteiger charge is 2.19. The predicted octanol–water partition coefficient (Wildman–Crippen LogP) is 4.85. The monoisotopic (exact) mass is 376 g/mol. The Morgan fingerprint density at radius 3 is 2.07 bits per heavy atom. The molecule has 0 aromatic rings. The van der Waals surface area contributed by atoms with Crippen LogP contribution < -0.4 is 11.1 Å². The van der Waals surface area contributed by atoms with Crippen LogP contribution in [0.3, 0.4) is 0 Å². The maximum atomic E-state index is 9.31. The van der Waals surface area contributed by atoms with Gasteiger partial charge in [0.05, 0.1) is 6.10 Å². The van der Waals surface area contributed by atoms with Crippen molar-refractivity contribution >= 4 is 0 Å². The molecule has 2 aliphatic rings. The third kappa shape index (κ3) is 14.3. The van der Waals surface area contributed by atoms with E-state index in [4.69, 9.17) is 5.73 Å². The van der Waals surface area contributed by atoms with E-state index in [9.17, 15) is 5.11 Å². The van der Waals surface area contributed by atoms with Gasteiger partial charge in [0.2, 0.25) is 0 Å². The van der Waals surface area contributed by atoms with Crippen molar-refractivity contribution in [2.45, 2.75) is 96.6 Å². The molecule has 4 atom stereocenters. The minimum atomic E-state index is 0.0188. The van der Waals surface area contributed by atoms with Crippen molar-refractivity contribution in [2.24, 2.45) is 17.6 Å². The van der Waals surface area contributed by atoms with Gasteiger partial charge in [0.15, 0.2) is 0 Å². The summed E-state index contributed by atoms with van der Waals surface area (Å²) >= 11 is 0. The number of aliphatic hydroxyl groups excluding tert-OH is 1. The summed E-state index contributed by atoms with van der Waals surface area (Å²) < 4.78 is 0. The first-order valence-electron chi connectivity index (χ1n) is 10.6. The molecule has 1 heterocycles. The van der Waals surface area contributed by atoms with E-state index in [2.05, 4.69) is 51.4 Å². The van der Waals surface area contributed by atoms with E-state index in [1.54, 1.807) is 0 Å². The van der Waals surface area contributed by atoms with Crippen LogP contribution in [0.4, 0.5) is 0 Å². The zero-order chi connectivity index (χ0) is 21.1. The number of nitrogens with two attached hydrogens (primary N) is 1. The molecule has 2 fully saturated rings. The second kappa shape index (κ2) is 19.3. The molecule has 3 heteroatoms. The molecule has 27 heavy (non-hydrogen) atoms. The molecule has 1 saturated heterocycles. The molecule has 0 aromatic heterocycles. The number of hydrogen-bond donors (Lipinski definition) is 3. The van der Waals surface area contributed by atoms with Gasteiger partial charge in [-0.2, -0.15) is 0 Å². The highest BCUT2D eigenvalue weighted by molar-refractivity contribution is 5.00. The predicted molar refractivity (Wildman–Crippen MR) is 120 cm³/mol. The van der Waals surface area contributed by atoms with Crippen molar-refractivity contribution in [3.05, 3.63) is 12.3 Å². The van der Waals surface area contributed by atoms with Crippen molar-refractivity contribution in [1.82, 2.24) is 5.32 Å². The van der Waals surface area contributed by atoms with Crippen LogP contribution >= 0.6 is 0 Å². The third-order valence-electron chi connectivity index (χ3n) is 5.40. The quantitative estimate of drug-likeness (QED) is 0.601. The molecule has 0 radical (unpaired) electrons. The van der Waals surface area contributed by atoms with E-state index in [1.807, 2.05) is 0 Å². The molecule has 156 valence electrons. The number of terminal acetylenes is 2.